The van der Waals surface area contributed by atoms with Gasteiger partial charge >= 0.3 is 0 Å². The number of para-hydroxylation sites is 6. The third-order valence-corrected chi connectivity index (χ3v) is 32.2. The highest BCUT2D eigenvalue weighted by molar-refractivity contribution is 6.27. The molecule has 13 aromatic carbocycles. The molecule has 9 heteroatoms. The lowest BCUT2D eigenvalue weighted by molar-refractivity contribution is 0.0978. The molecule has 141 heavy (non-hydrogen) atoms. The normalized spacial score (nSPS) is 14.7. The summed E-state index contributed by atoms with van der Waals surface area (Å²) in [5.74, 6) is -0.319. The molecule has 16 aromatic rings. The number of fused-ring (bicyclic) bond motifs is 15. The third kappa shape index (κ3) is 17.6. The number of rotatable bonds is 27. The van der Waals surface area contributed by atoms with Crippen molar-refractivity contribution < 1.29 is 14.4 Å². The maximum atomic E-state index is 18.4. The van der Waals surface area contributed by atoms with Gasteiger partial charge in [0.15, 0.2) is 17.3 Å². The summed E-state index contributed by atoms with van der Waals surface area (Å²) in [4.78, 5) is 62.3. The highest BCUT2D eigenvalue weighted by atomic mass is 16.1. The van der Waals surface area contributed by atoms with Gasteiger partial charge in [0, 0.05) is 121 Å². The Bertz CT molecular complexity index is 6510. The average molecular weight is 1870 g/mol. The van der Waals surface area contributed by atoms with Gasteiger partial charge in [-0.3, -0.25) is 14.4 Å². The van der Waals surface area contributed by atoms with Crippen LogP contribution in [0.3, 0.4) is 0 Å². The molecule has 3 aromatic heterocycles. The Morgan fingerprint density at radius 1 is 0.213 bits per heavy atom. The second kappa shape index (κ2) is 36.6. The molecule has 3 aliphatic rings. The maximum absolute atomic E-state index is 18.4. The molecule has 0 unspecified atom stereocenters. The minimum Gasteiger partial charge on any atom is -0.340 e. The molecule has 0 spiro atoms. The van der Waals surface area contributed by atoms with Crippen LogP contribution in [0, 0.1) is 0 Å². The fourth-order valence-corrected chi connectivity index (χ4v) is 23.8. The molecule has 0 radical (unpaired) electrons. The Morgan fingerprint density at radius 3 is 0.546 bits per heavy atom. The van der Waals surface area contributed by atoms with Gasteiger partial charge in [0.1, 0.15) is 0 Å². The van der Waals surface area contributed by atoms with E-state index >= 15 is 14.4 Å². The molecule has 0 N–H and O–H groups in total. The fourth-order valence-electron chi connectivity index (χ4n) is 23.8. The van der Waals surface area contributed by atoms with Gasteiger partial charge in [-0.2, -0.15) is 0 Å². The standard InChI is InChI=1S/C132H150N6O3/c1-124(2,3)85-64-70-103-91(79-85)92-80-86(125(4,5)6)65-71-104(92)133(103)76-46-28-25-31-61-115(139)118-121(136-109-55-40-34-49-97(109)130(19,20)98-50-35-41-56-110(98)136)119(116(140)62-32-26-29-47-77-134-105-72-66-87(126(7,8)9)81-93(105)94-82-88(127(10,11)12)67-73-106(94)134)123(138-113-59-44-38-53-101(113)132(23,24)102-54-39-45-60-114(102)138)120(122(118)137-111-57-42-36-51-99(111)131(21,22)100-52-37-43-58-112(100)137)117(141)63-33-27-30-48-78-135-107-74-68-89(128(13,14)15)83-95(107)96-84-90(129(16,17)18)69-75-108(96)135/h34-45,49-60,64-75,79-84H,25-33,46-48,61-63,76-78H2,1-24H3. The molecule has 0 amide bonds. The molecular formula is C132H150N6O3. The van der Waals surface area contributed by atoms with Crippen LogP contribution in [-0.4, -0.2) is 31.1 Å². The van der Waals surface area contributed by atoms with Crippen molar-refractivity contribution in [3.63, 3.8) is 0 Å². The minimum atomic E-state index is -0.546. The van der Waals surface area contributed by atoms with Gasteiger partial charge in [-0.15, -0.1) is 0 Å². The van der Waals surface area contributed by atoms with Crippen molar-refractivity contribution in [2.75, 3.05) is 14.7 Å². The number of aryl methyl sites for hydroxylation is 3. The van der Waals surface area contributed by atoms with Gasteiger partial charge in [-0.1, -0.05) is 350 Å². The highest BCUT2D eigenvalue weighted by Crippen LogP contribution is 2.64. The first-order chi connectivity index (χ1) is 66.8. The Labute approximate surface area is 840 Å². The van der Waals surface area contributed by atoms with E-state index in [1.807, 2.05) is 0 Å². The molecule has 6 heterocycles. The topological polar surface area (TPSA) is 75.7 Å². The van der Waals surface area contributed by atoms with Gasteiger partial charge < -0.3 is 28.4 Å². The van der Waals surface area contributed by atoms with E-state index in [4.69, 9.17) is 0 Å². The van der Waals surface area contributed by atoms with Crippen molar-refractivity contribution in [2.24, 2.45) is 0 Å². The van der Waals surface area contributed by atoms with Gasteiger partial charge in [-0.05, 0) is 247 Å². The van der Waals surface area contributed by atoms with E-state index in [1.54, 1.807) is 0 Å². The van der Waals surface area contributed by atoms with Crippen LogP contribution < -0.4 is 14.7 Å². The summed E-state index contributed by atoms with van der Waals surface area (Å²) in [6, 6.07) is 95.2. The maximum Gasteiger partial charge on any atom is 0.167 e. The van der Waals surface area contributed by atoms with Crippen LogP contribution in [0.1, 0.15) is 360 Å². The van der Waals surface area contributed by atoms with Crippen molar-refractivity contribution in [2.45, 2.75) is 331 Å². The van der Waals surface area contributed by atoms with Crippen molar-refractivity contribution in [3.05, 3.63) is 338 Å². The molecule has 726 valence electrons. The number of carbonyl (C=O) groups excluding carboxylic acids is 3. The lowest BCUT2D eigenvalue weighted by Gasteiger charge is -2.47. The number of carbonyl (C=O) groups is 3. The number of Topliss-reactive ketones (excluding diaryl/α,β-unsaturated/α-hetero) is 3. The van der Waals surface area contributed by atoms with E-state index in [0.717, 1.165) is 145 Å². The molecule has 0 fully saturated rings. The predicted octanol–water partition coefficient (Wildman–Crippen LogP) is 36.6. The summed E-state index contributed by atoms with van der Waals surface area (Å²) in [5.41, 5.74) is 28.0. The second-order valence-electron chi connectivity index (χ2n) is 49.3. The Kier molecular flexibility index (Phi) is 25.3. The van der Waals surface area contributed by atoms with Crippen LogP contribution in [-0.2, 0) is 68.4 Å². The van der Waals surface area contributed by atoms with Crippen molar-refractivity contribution in [3.8, 4) is 0 Å². The Balaban J connectivity index is 0.801. The lowest BCUT2D eigenvalue weighted by atomic mass is 9.72. The molecule has 0 atom stereocenters. The van der Waals surface area contributed by atoms with E-state index < -0.39 is 16.2 Å². The van der Waals surface area contributed by atoms with Crippen LogP contribution in [0.4, 0.5) is 51.2 Å². The van der Waals surface area contributed by atoms with Gasteiger partial charge in [0.05, 0.1) is 67.9 Å². The summed E-state index contributed by atoms with van der Waals surface area (Å²) >= 11 is 0. The molecule has 3 aliphatic heterocycles. The number of ketones is 3. The van der Waals surface area contributed by atoms with Crippen LogP contribution in [0.2, 0.25) is 0 Å². The smallest absolute Gasteiger partial charge is 0.167 e. The predicted molar refractivity (Wildman–Crippen MR) is 600 cm³/mol. The summed E-state index contributed by atoms with van der Waals surface area (Å²) in [5, 5.41) is 7.73. The minimum absolute atomic E-state index is 0.0262. The van der Waals surface area contributed by atoms with Crippen LogP contribution >= 0.6 is 0 Å². The van der Waals surface area contributed by atoms with Crippen LogP contribution in [0.15, 0.2) is 255 Å². The largest absolute Gasteiger partial charge is 0.340 e. The van der Waals surface area contributed by atoms with E-state index in [0.29, 0.717) is 53.0 Å². The molecular weight excluding hydrogens is 1720 g/mol. The first-order valence-electron chi connectivity index (χ1n) is 52.9. The van der Waals surface area contributed by atoms with E-state index in [9.17, 15) is 0 Å². The number of unbranched alkanes of at least 4 members (excludes halogenated alkanes) is 9. The van der Waals surface area contributed by atoms with Crippen molar-refractivity contribution in [1.29, 1.82) is 0 Å². The van der Waals surface area contributed by atoms with Gasteiger partial charge in [0.2, 0.25) is 0 Å². The zero-order valence-corrected chi connectivity index (χ0v) is 88.9. The third-order valence-electron chi connectivity index (χ3n) is 32.2. The number of hydrogen-bond donors (Lipinski definition) is 0. The fraction of sp³-hybridized carbons (Fsp3) is 0.386. The number of hydrogen-bond acceptors (Lipinski definition) is 6. The number of benzene rings is 13. The first-order valence-corrected chi connectivity index (χ1v) is 52.9. The van der Waals surface area contributed by atoms with Crippen molar-refractivity contribution >= 4 is 134 Å². The number of anilines is 9. The Morgan fingerprint density at radius 2 is 0.376 bits per heavy atom. The lowest BCUT2D eigenvalue weighted by Crippen LogP contribution is -2.36. The summed E-state index contributed by atoms with van der Waals surface area (Å²) < 4.78 is 7.64. The van der Waals surface area contributed by atoms with Gasteiger partial charge in [-0.25, -0.2) is 0 Å². The average Bonchev–Trinajstić information content (AvgIpc) is 1.24. The summed E-state index contributed by atoms with van der Waals surface area (Å²) in [6.45, 7) is 57.9. The van der Waals surface area contributed by atoms with Crippen molar-refractivity contribution in [1.82, 2.24) is 13.7 Å². The zero-order valence-electron chi connectivity index (χ0n) is 88.9. The monoisotopic (exact) mass is 1870 g/mol. The molecule has 0 bridgehead atoms. The van der Waals surface area contributed by atoms with Crippen LogP contribution in [0.5, 0.6) is 0 Å². The SMILES string of the molecule is CC(C)(C)c1ccc2c(c1)c1cc(C(C)(C)C)ccc1n2CCCCCCC(=O)c1c(N2c3ccccc3C(C)(C)c3ccccc32)c(C(=O)CCCCCCn2c3ccc(C(C)(C)C)cc3c3cc(C(C)(C)C)ccc32)c(N2c3ccccc3C(C)(C)c3ccccc32)c(C(=O)CCCCCCn2c3ccc(C(C)(C)C)cc3c3cc(C(C)(C)C)ccc32)c1N1c2ccccc2C(C)(C)c2ccccc21. The van der Waals surface area contributed by atoms with E-state index in [1.165, 1.54) is 98.8 Å². The quantitative estimate of drug-likeness (QED) is 0.0377. The van der Waals surface area contributed by atoms with Gasteiger partial charge in [0.25, 0.3) is 0 Å². The zero-order chi connectivity index (χ0) is 99.9. The summed E-state index contributed by atoms with van der Waals surface area (Å²) in [6.07, 6.45) is 9.80. The van der Waals surface area contributed by atoms with E-state index in [-0.39, 0.29) is 69.1 Å². The van der Waals surface area contributed by atoms with E-state index in [2.05, 4.69) is 449 Å². The number of nitrogens with zero attached hydrogens (tertiary/aromatic N) is 6. The Hall–Kier alpha value is -12.3. The molecule has 9 nitrogen and oxygen atoms in total. The van der Waals surface area contributed by atoms with Crippen LogP contribution in [0.25, 0.3) is 65.4 Å². The second-order valence-corrected chi connectivity index (χ2v) is 49.3. The summed E-state index contributed by atoms with van der Waals surface area (Å²) in [7, 11) is 0. The molecule has 19 rings (SSSR count). The number of aromatic nitrogens is 3. The first kappa shape index (κ1) is 97.5. The highest BCUT2D eigenvalue weighted by Gasteiger charge is 2.49. The molecule has 0 saturated heterocycles. The molecule has 0 saturated carbocycles. The molecule has 0 aliphatic carbocycles.